The van der Waals surface area contributed by atoms with Crippen molar-refractivity contribution < 1.29 is 14.6 Å². The summed E-state index contributed by atoms with van der Waals surface area (Å²) in [5, 5.41) is 9.49. The zero-order chi connectivity index (χ0) is 17.7. The highest BCUT2D eigenvalue weighted by Gasteiger charge is 2.17. The zero-order valence-electron chi connectivity index (χ0n) is 14.4. The molecule has 0 spiro atoms. The lowest BCUT2D eigenvalue weighted by atomic mass is 9.87. The van der Waals surface area contributed by atoms with E-state index in [2.05, 4.69) is 45.5 Å². The number of rotatable bonds is 6. The molecule has 4 heteroatoms. The van der Waals surface area contributed by atoms with Crippen LogP contribution in [0.1, 0.15) is 47.8 Å². The molecule has 2 aromatic rings. The molecule has 24 heavy (non-hydrogen) atoms. The fraction of sp³-hybridized carbons (Fsp3) is 0.350. The highest BCUT2D eigenvalue weighted by Crippen LogP contribution is 2.26. The summed E-state index contributed by atoms with van der Waals surface area (Å²) in [6.07, 6.45) is 0.599. The van der Waals surface area contributed by atoms with Crippen molar-refractivity contribution in [2.45, 2.75) is 39.2 Å². The van der Waals surface area contributed by atoms with Gasteiger partial charge in [-0.05, 0) is 40.3 Å². The number of benzene rings is 2. The van der Waals surface area contributed by atoms with Crippen LogP contribution in [0.4, 0.5) is 0 Å². The number of thiol groups is 1. The number of carboxylic acid groups (broad SMARTS) is 1. The van der Waals surface area contributed by atoms with E-state index in [9.17, 15) is 9.90 Å². The smallest absolute Gasteiger partial charge is 0.339 e. The van der Waals surface area contributed by atoms with Crippen LogP contribution in [0.2, 0.25) is 0 Å². The van der Waals surface area contributed by atoms with Crippen LogP contribution < -0.4 is 4.74 Å². The van der Waals surface area contributed by atoms with Gasteiger partial charge in [0.05, 0.1) is 0 Å². The van der Waals surface area contributed by atoms with Gasteiger partial charge in [0, 0.05) is 0 Å². The summed E-state index contributed by atoms with van der Waals surface area (Å²) >= 11 is 4.19. The first-order valence-corrected chi connectivity index (χ1v) is 8.64. The molecule has 0 aromatic heterocycles. The van der Waals surface area contributed by atoms with Crippen molar-refractivity contribution >= 4 is 18.6 Å². The second-order valence-corrected chi connectivity index (χ2v) is 7.25. The van der Waals surface area contributed by atoms with Gasteiger partial charge in [0.2, 0.25) is 0 Å². The third kappa shape index (κ3) is 4.54. The summed E-state index contributed by atoms with van der Waals surface area (Å²) in [5.41, 5.74) is 3.36. The molecule has 0 bridgehead atoms. The SMILES string of the molecule is CC(C)(C)c1ccc(COc2cccc(CCS)c2C(=O)O)cc1. The fourth-order valence-electron chi connectivity index (χ4n) is 2.53. The Bertz CT molecular complexity index is 700. The van der Waals surface area contributed by atoms with Crippen LogP contribution in [0.25, 0.3) is 0 Å². The van der Waals surface area contributed by atoms with Gasteiger partial charge in [-0.15, -0.1) is 0 Å². The second-order valence-electron chi connectivity index (χ2n) is 6.80. The molecule has 0 aliphatic rings. The Morgan fingerprint density at radius 3 is 2.33 bits per heavy atom. The first-order valence-electron chi connectivity index (χ1n) is 8.01. The molecule has 2 rings (SSSR count). The zero-order valence-corrected chi connectivity index (χ0v) is 15.3. The number of carboxylic acids is 1. The Balaban J connectivity index is 2.17. The molecule has 1 N–H and O–H groups in total. The molecule has 0 amide bonds. The van der Waals surface area contributed by atoms with Crippen molar-refractivity contribution in [3.8, 4) is 5.75 Å². The van der Waals surface area contributed by atoms with E-state index in [1.807, 2.05) is 24.3 Å². The largest absolute Gasteiger partial charge is 0.488 e. The van der Waals surface area contributed by atoms with Gasteiger partial charge >= 0.3 is 5.97 Å². The van der Waals surface area contributed by atoms with Crippen molar-refractivity contribution in [1.29, 1.82) is 0 Å². The minimum atomic E-state index is -0.967. The van der Waals surface area contributed by atoms with Crippen molar-refractivity contribution in [2.75, 3.05) is 5.75 Å². The van der Waals surface area contributed by atoms with Gasteiger partial charge in [0.25, 0.3) is 0 Å². The third-order valence-electron chi connectivity index (χ3n) is 3.92. The fourth-order valence-corrected chi connectivity index (χ4v) is 2.77. The van der Waals surface area contributed by atoms with Crippen LogP contribution in [0.15, 0.2) is 42.5 Å². The molecule has 2 aromatic carbocycles. The predicted octanol–water partition coefficient (Wildman–Crippen LogP) is 4.73. The minimum absolute atomic E-state index is 0.108. The molecule has 128 valence electrons. The molecular weight excluding hydrogens is 320 g/mol. The summed E-state index contributed by atoms with van der Waals surface area (Å²) in [5.74, 6) is 0.0324. The summed E-state index contributed by atoms with van der Waals surface area (Å²) in [6.45, 7) is 6.86. The molecule has 3 nitrogen and oxygen atoms in total. The molecule has 0 saturated carbocycles. The normalized spacial score (nSPS) is 11.3. The lowest BCUT2D eigenvalue weighted by molar-refractivity contribution is 0.0690. The summed E-state index contributed by atoms with van der Waals surface area (Å²) < 4.78 is 5.79. The Hall–Kier alpha value is -1.94. The van der Waals surface area contributed by atoms with Gasteiger partial charge in [-0.2, -0.15) is 12.6 Å². The summed E-state index contributed by atoms with van der Waals surface area (Å²) in [4.78, 5) is 11.6. The van der Waals surface area contributed by atoms with E-state index >= 15 is 0 Å². The Labute approximate surface area is 149 Å². The maximum Gasteiger partial charge on any atom is 0.339 e. The van der Waals surface area contributed by atoms with Crippen LogP contribution in [0.3, 0.4) is 0 Å². The number of aromatic carboxylic acids is 1. The van der Waals surface area contributed by atoms with Crippen LogP contribution >= 0.6 is 12.6 Å². The molecule has 0 heterocycles. The highest BCUT2D eigenvalue weighted by atomic mass is 32.1. The molecular formula is C20H24O3S. The quantitative estimate of drug-likeness (QED) is 0.745. The Kier molecular flexibility index (Phi) is 5.94. The van der Waals surface area contributed by atoms with E-state index in [0.29, 0.717) is 24.5 Å². The van der Waals surface area contributed by atoms with E-state index in [4.69, 9.17) is 4.74 Å². The van der Waals surface area contributed by atoms with Gasteiger partial charge in [-0.1, -0.05) is 57.2 Å². The van der Waals surface area contributed by atoms with Crippen LogP contribution in [0, 0.1) is 0 Å². The third-order valence-corrected chi connectivity index (χ3v) is 4.15. The van der Waals surface area contributed by atoms with Gasteiger partial charge in [-0.25, -0.2) is 4.79 Å². The van der Waals surface area contributed by atoms with E-state index in [0.717, 1.165) is 11.1 Å². The first-order chi connectivity index (χ1) is 11.3. The second kappa shape index (κ2) is 7.75. The van der Waals surface area contributed by atoms with E-state index < -0.39 is 5.97 Å². The predicted molar refractivity (Wildman–Crippen MR) is 100 cm³/mol. The van der Waals surface area contributed by atoms with Gasteiger partial charge in [0.15, 0.2) is 0 Å². The topological polar surface area (TPSA) is 46.5 Å². The molecule has 0 atom stereocenters. The number of ether oxygens (including phenoxy) is 1. The lowest BCUT2D eigenvalue weighted by Crippen LogP contribution is -2.11. The van der Waals surface area contributed by atoms with E-state index in [1.54, 1.807) is 6.07 Å². The maximum absolute atomic E-state index is 11.6. The van der Waals surface area contributed by atoms with Gasteiger partial charge < -0.3 is 9.84 Å². The Morgan fingerprint density at radius 2 is 1.79 bits per heavy atom. The molecule has 0 aliphatic heterocycles. The molecule has 0 fully saturated rings. The number of hydrogen-bond donors (Lipinski definition) is 2. The van der Waals surface area contributed by atoms with Crippen molar-refractivity contribution in [3.05, 3.63) is 64.7 Å². The van der Waals surface area contributed by atoms with Gasteiger partial charge in [-0.3, -0.25) is 0 Å². The molecule has 0 saturated heterocycles. The number of carbonyl (C=O) groups is 1. The van der Waals surface area contributed by atoms with Crippen molar-refractivity contribution in [2.24, 2.45) is 0 Å². The van der Waals surface area contributed by atoms with Crippen molar-refractivity contribution in [1.82, 2.24) is 0 Å². The highest BCUT2D eigenvalue weighted by molar-refractivity contribution is 7.80. The average molecular weight is 344 g/mol. The molecule has 0 radical (unpaired) electrons. The van der Waals surface area contributed by atoms with E-state index in [-0.39, 0.29) is 11.0 Å². The van der Waals surface area contributed by atoms with Crippen LogP contribution in [-0.4, -0.2) is 16.8 Å². The first kappa shape index (κ1) is 18.4. The lowest BCUT2D eigenvalue weighted by Gasteiger charge is -2.19. The number of hydrogen-bond acceptors (Lipinski definition) is 3. The van der Waals surface area contributed by atoms with Crippen molar-refractivity contribution in [3.63, 3.8) is 0 Å². The average Bonchev–Trinajstić information content (AvgIpc) is 2.52. The Morgan fingerprint density at radius 1 is 1.12 bits per heavy atom. The molecule has 0 aliphatic carbocycles. The number of aryl methyl sites for hydroxylation is 1. The van der Waals surface area contributed by atoms with Crippen LogP contribution in [-0.2, 0) is 18.4 Å². The molecule has 0 unspecified atom stereocenters. The standard InChI is InChI=1S/C20H24O3S/c1-20(2,3)16-9-7-14(8-10-16)13-23-17-6-4-5-15(11-12-24)18(17)19(21)22/h4-10,24H,11-13H2,1-3H3,(H,21,22). The summed E-state index contributed by atoms with van der Waals surface area (Å²) in [7, 11) is 0. The van der Waals surface area contributed by atoms with Crippen LogP contribution in [0.5, 0.6) is 5.75 Å². The monoisotopic (exact) mass is 344 g/mol. The minimum Gasteiger partial charge on any atom is -0.488 e. The van der Waals surface area contributed by atoms with Gasteiger partial charge in [0.1, 0.15) is 17.9 Å². The maximum atomic E-state index is 11.6. The summed E-state index contributed by atoms with van der Waals surface area (Å²) in [6, 6.07) is 13.6. The van der Waals surface area contributed by atoms with E-state index in [1.165, 1.54) is 5.56 Å².